The SMILES string of the molecule is COc1c(C(=O)c2ccccc2OC(C)=O)ccc(C(=O)N(C)c2ccc(C)cc2OCc2ccc(C3=NCCO3)cc2)c1N. The number of hydrogen-bond donors (Lipinski definition) is 1. The molecule has 0 spiro atoms. The first-order valence-electron chi connectivity index (χ1n) is 14.2. The fraction of sp³-hybridized carbons (Fsp3) is 0.200. The Morgan fingerprint density at radius 3 is 2.36 bits per heavy atom. The molecule has 0 fully saturated rings. The van der Waals surface area contributed by atoms with Crippen molar-refractivity contribution in [3.8, 4) is 17.2 Å². The first-order valence-corrected chi connectivity index (χ1v) is 14.2. The first kappa shape index (κ1) is 30.8. The van der Waals surface area contributed by atoms with E-state index < -0.39 is 17.7 Å². The quantitative estimate of drug-likeness (QED) is 0.110. The van der Waals surface area contributed by atoms with Crippen molar-refractivity contribution in [3.63, 3.8) is 0 Å². The van der Waals surface area contributed by atoms with Gasteiger partial charge in [-0.05, 0) is 66.6 Å². The molecule has 2 N–H and O–H groups in total. The first-order chi connectivity index (χ1) is 21.7. The number of para-hydroxylation sites is 1. The Kier molecular flexibility index (Phi) is 9.13. The third kappa shape index (κ3) is 6.65. The molecule has 0 atom stereocenters. The Balaban J connectivity index is 1.38. The summed E-state index contributed by atoms with van der Waals surface area (Å²) < 4.78 is 22.5. The van der Waals surface area contributed by atoms with Gasteiger partial charge in [-0.25, -0.2) is 4.99 Å². The van der Waals surface area contributed by atoms with E-state index in [9.17, 15) is 14.4 Å². The zero-order chi connectivity index (χ0) is 32.1. The molecule has 0 aliphatic carbocycles. The van der Waals surface area contributed by atoms with Crippen molar-refractivity contribution in [2.75, 3.05) is 37.9 Å². The molecule has 10 heteroatoms. The molecule has 0 bridgehead atoms. The molecule has 5 rings (SSSR count). The highest BCUT2D eigenvalue weighted by Gasteiger charge is 2.26. The summed E-state index contributed by atoms with van der Waals surface area (Å²) in [6.07, 6.45) is 0. The summed E-state index contributed by atoms with van der Waals surface area (Å²) >= 11 is 0. The molecule has 0 radical (unpaired) electrons. The predicted molar refractivity (Wildman–Crippen MR) is 171 cm³/mol. The van der Waals surface area contributed by atoms with Crippen LogP contribution < -0.4 is 24.8 Å². The second-order valence-corrected chi connectivity index (χ2v) is 10.4. The van der Waals surface area contributed by atoms with Gasteiger partial charge in [-0.15, -0.1) is 0 Å². The lowest BCUT2D eigenvalue weighted by atomic mass is 9.98. The van der Waals surface area contributed by atoms with Crippen LogP contribution in [0.3, 0.4) is 0 Å². The highest BCUT2D eigenvalue weighted by Crippen LogP contribution is 2.36. The van der Waals surface area contributed by atoms with Crippen molar-refractivity contribution in [2.45, 2.75) is 20.5 Å². The molecule has 0 aromatic heterocycles. The van der Waals surface area contributed by atoms with E-state index in [1.807, 2.05) is 43.3 Å². The second-order valence-electron chi connectivity index (χ2n) is 10.4. The topological polar surface area (TPSA) is 130 Å². The summed E-state index contributed by atoms with van der Waals surface area (Å²) in [5.74, 6) is -0.172. The molecule has 0 saturated heterocycles. The molecule has 0 unspecified atom stereocenters. The number of amides is 1. The van der Waals surface area contributed by atoms with E-state index in [0.29, 0.717) is 30.5 Å². The van der Waals surface area contributed by atoms with E-state index >= 15 is 0 Å². The average molecular weight is 608 g/mol. The van der Waals surface area contributed by atoms with E-state index in [1.54, 1.807) is 25.2 Å². The van der Waals surface area contributed by atoms with Crippen molar-refractivity contribution in [1.82, 2.24) is 0 Å². The molecule has 10 nitrogen and oxygen atoms in total. The number of carbonyl (C=O) groups excluding carboxylic acids is 3. The van der Waals surface area contributed by atoms with Gasteiger partial charge < -0.3 is 29.6 Å². The Morgan fingerprint density at radius 1 is 0.933 bits per heavy atom. The van der Waals surface area contributed by atoms with Crippen LogP contribution in [0.25, 0.3) is 0 Å². The van der Waals surface area contributed by atoms with Crippen LogP contribution in [0.4, 0.5) is 11.4 Å². The number of aryl methyl sites for hydroxylation is 1. The maximum absolute atomic E-state index is 13.8. The van der Waals surface area contributed by atoms with E-state index in [0.717, 1.165) is 16.7 Å². The van der Waals surface area contributed by atoms with Crippen LogP contribution in [-0.2, 0) is 16.1 Å². The molecule has 45 heavy (non-hydrogen) atoms. The normalized spacial score (nSPS) is 12.1. The van der Waals surface area contributed by atoms with Gasteiger partial charge in [0.1, 0.15) is 24.7 Å². The van der Waals surface area contributed by atoms with Gasteiger partial charge >= 0.3 is 5.97 Å². The lowest BCUT2D eigenvalue weighted by Gasteiger charge is -2.23. The molecule has 230 valence electrons. The smallest absolute Gasteiger partial charge is 0.308 e. The number of nitrogen functional groups attached to an aromatic ring is 1. The number of ether oxygens (including phenoxy) is 4. The standard InChI is InChI=1S/C35H33N3O7/c1-21-9-16-28(30(19-21)44-20-23-10-12-24(13-11-23)34-37-17-18-43-34)38(3)35(41)26-14-15-27(33(42-4)31(26)36)32(40)25-7-5-6-8-29(25)45-22(2)39/h5-16,19H,17-18,20,36H2,1-4H3. The average Bonchev–Trinajstić information content (AvgIpc) is 3.58. The minimum absolute atomic E-state index is 0.00400. The van der Waals surface area contributed by atoms with E-state index in [-0.39, 0.29) is 40.5 Å². The number of hydrogen-bond acceptors (Lipinski definition) is 9. The van der Waals surface area contributed by atoms with Crippen LogP contribution in [0.2, 0.25) is 0 Å². The second kappa shape index (κ2) is 13.3. The number of carbonyl (C=O) groups is 3. The summed E-state index contributed by atoms with van der Waals surface area (Å²) in [7, 11) is 2.99. The summed E-state index contributed by atoms with van der Waals surface area (Å²) in [5, 5.41) is 0. The van der Waals surface area contributed by atoms with Crippen LogP contribution in [0, 0.1) is 6.92 Å². The van der Waals surface area contributed by atoms with Crippen LogP contribution in [-0.4, -0.2) is 50.9 Å². The molecule has 1 amide bonds. The maximum Gasteiger partial charge on any atom is 0.308 e. The van der Waals surface area contributed by atoms with Gasteiger partial charge in [-0.2, -0.15) is 0 Å². The third-order valence-corrected chi connectivity index (χ3v) is 7.22. The number of ketones is 1. The van der Waals surface area contributed by atoms with E-state index in [1.165, 1.54) is 43.2 Å². The Labute approximate surface area is 261 Å². The highest BCUT2D eigenvalue weighted by molar-refractivity contribution is 6.16. The highest BCUT2D eigenvalue weighted by atomic mass is 16.5. The fourth-order valence-electron chi connectivity index (χ4n) is 4.95. The summed E-state index contributed by atoms with van der Waals surface area (Å²) in [6, 6.07) is 22.6. The molecule has 1 aliphatic heterocycles. The molecular formula is C35H33N3O7. The molecule has 1 aliphatic rings. The summed E-state index contributed by atoms with van der Waals surface area (Å²) in [5.41, 5.74) is 10.2. The zero-order valence-electron chi connectivity index (χ0n) is 25.5. The van der Waals surface area contributed by atoms with Crippen molar-refractivity contribution in [3.05, 3.63) is 112 Å². The minimum Gasteiger partial charge on any atom is -0.494 e. The number of methoxy groups -OCH3 is 1. The largest absolute Gasteiger partial charge is 0.494 e. The number of esters is 1. The molecule has 4 aromatic rings. The maximum atomic E-state index is 13.8. The van der Waals surface area contributed by atoms with E-state index in [4.69, 9.17) is 24.7 Å². The van der Waals surface area contributed by atoms with E-state index in [2.05, 4.69) is 4.99 Å². The van der Waals surface area contributed by atoms with Crippen molar-refractivity contribution < 1.29 is 33.3 Å². The minimum atomic E-state index is -0.562. The number of anilines is 2. The molecule has 4 aromatic carbocycles. The Hall–Kier alpha value is -5.64. The molecular weight excluding hydrogens is 574 g/mol. The van der Waals surface area contributed by atoms with Gasteiger partial charge in [-0.1, -0.05) is 30.3 Å². The number of nitrogens with two attached hydrogens (primary N) is 1. The lowest BCUT2D eigenvalue weighted by molar-refractivity contribution is -0.131. The van der Waals surface area contributed by atoms with Gasteiger partial charge in [0.2, 0.25) is 11.7 Å². The predicted octanol–water partition coefficient (Wildman–Crippen LogP) is 5.37. The summed E-state index contributed by atoms with van der Waals surface area (Å²) in [4.78, 5) is 44.7. The van der Waals surface area contributed by atoms with Gasteiger partial charge in [-0.3, -0.25) is 14.4 Å². The fourth-order valence-corrected chi connectivity index (χ4v) is 4.95. The van der Waals surface area contributed by atoms with Crippen LogP contribution >= 0.6 is 0 Å². The van der Waals surface area contributed by atoms with Crippen molar-refractivity contribution in [2.24, 2.45) is 4.99 Å². The van der Waals surface area contributed by atoms with Crippen molar-refractivity contribution in [1.29, 1.82) is 0 Å². The lowest BCUT2D eigenvalue weighted by Crippen LogP contribution is -2.28. The number of aliphatic imine (C=N–C) groups is 1. The van der Waals surface area contributed by atoms with Gasteiger partial charge in [0.15, 0.2) is 5.75 Å². The van der Waals surface area contributed by atoms with Crippen molar-refractivity contribution >= 4 is 34.9 Å². The molecule has 1 heterocycles. The third-order valence-electron chi connectivity index (χ3n) is 7.22. The monoisotopic (exact) mass is 607 g/mol. The van der Waals surface area contributed by atoms with Gasteiger partial charge in [0, 0.05) is 19.5 Å². The molecule has 0 saturated carbocycles. The Bertz CT molecular complexity index is 1800. The van der Waals surface area contributed by atoms with Crippen LogP contribution in [0.1, 0.15) is 49.9 Å². The van der Waals surface area contributed by atoms with Gasteiger partial charge in [0.25, 0.3) is 5.91 Å². The number of nitrogens with zero attached hydrogens (tertiary/aromatic N) is 2. The Morgan fingerprint density at radius 2 is 1.67 bits per heavy atom. The number of benzene rings is 4. The van der Waals surface area contributed by atoms with Gasteiger partial charge in [0.05, 0.1) is 41.7 Å². The zero-order valence-corrected chi connectivity index (χ0v) is 25.5. The number of rotatable bonds is 10. The van der Waals surface area contributed by atoms with Crippen LogP contribution in [0.5, 0.6) is 17.2 Å². The van der Waals surface area contributed by atoms with Crippen LogP contribution in [0.15, 0.2) is 83.9 Å². The summed E-state index contributed by atoms with van der Waals surface area (Å²) in [6.45, 7) is 4.72.